The highest BCUT2D eigenvalue weighted by atomic mass is 16.5. The van der Waals surface area contributed by atoms with Gasteiger partial charge < -0.3 is 36.2 Å². The standard InChI is InChI=1S/C21H28N6O6/c1-2-3-7-25-21(32)27-16(19(30)31)13-26-18(29)15-6-5-14(12-17(15)28)33-11-10-24-20-22-8-4-9-23-20/h4-6,8-9,12,16,28H,2-3,7,10-11,13H2,1H3,(H,26,29)(H,30,31)(H,22,23,24)(H2,25,27,32)/t16-/m0/s1. The Bertz CT molecular complexity index is 927. The first-order valence-electron chi connectivity index (χ1n) is 10.4. The molecule has 0 aliphatic rings. The van der Waals surface area contributed by atoms with Gasteiger partial charge in [0.15, 0.2) is 0 Å². The molecule has 0 aliphatic heterocycles. The topological polar surface area (TPSA) is 175 Å². The Hall–Kier alpha value is -4.09. The van der Waals surface area contributed by atoms with E-state index in [1.165, 1.54) is 18.2 Å². The number of aromatic hydroxyl groups is 1. The number of carbonyl (C=O) groups excluding carboxylic acids is 2. The van der Waals surface area contributed by atoms with Crippen LogP contribution in [0.3, 0.4) is 0 Å². The number of phenolic OH excluding ortho intramolecular Hbond substituents is 1. The van der Waals surface area contributed by atoms with Crippen LogP contribution in [-0.2, 0) is 4.79 Å². The molecule has 6 N–H and O–H groups in total. The highest BCUT2D eigenvalue weighted by Gasteiger charge is 2.21. The number of carbonyl (C=O) groups is 3. The van der Waals surface area contributed by atoms with Crippen molar-refractivity contribution in [2.75, 3.05) is 31.6 Å². The number of aromatic nitrogens is 2. The van der Waals surface area contributed by atoms with Crippen molar-refractivity contribution < 1.29 is 29.3 Å². The highest BCUT2D eigenvalue weighted by molar-refractivity contribution is 5.97. The highest BCUT2D eigenvalue weighted by Crippen LogP contribution is 2.23. The Morgan fingerprint density at radius 3 is 2.55 bits per heavy atom. The minimum atomic E-state index is -1.33. The number of amides is 3. The molecular weight excluding hydrogens is 432 g/mol. The predicted molar refractivity (Wildman–Crippen MR) is 119 cm³/mol. The molecule has 2 rings (SSSR count). The van der Waals surface area contributed by atoms with E-state index < -0.39 is 23.9 Å². The molecule has 0 radical (unpaired) electrons. The van der Waals surface area contributed by atoms with Crippen molar-refractivity contribution in [2.24, 2.45) is 0 Å². The van der Waals surface area contributed by atoms with E-state index in [4.69, 9.17) is 4.74 Å². The van der Waals surface area contributed by atoms with Gasteiger partial charge in [-0.15, -0.1) is 0 Å². The molecule has 1 atom stereocenters. The number of unbranched alkanes of at least 4 members (excludes halogenated alkanes) is 1. The van der Waals surface area contributed by atoms with Crippen molar-refractivity contribution in [3.63, 3.8) is 0 Å². The minimum absolute atomic E-state index is 0.0605. The van der Waals surface area contributed by atoms with Crippen molar-refractivity contribution in [3.05, 3.63) is 42.2 Å². The van der Waals surface area contributed by atoms with Gasteiger partial charge in [0.2, 0.25) is 5.95 Å². The molecule has 0 spiro atoms. The first-order chi connectivity index (χ1) is 15.9. The van der Waals surface area contributed by atoms with E-state index in [9.17, 15) is 24.6 Å². The molecule has 1 aromatic heterocycles. The Morgan fingerprint density at radius 1 is 1.12 bits per heavy atom. The van der Waals surface area contributed by atoms with Gasteiger partial charge in [-0.1, -0.05) is 13.3 Å². The lowest BCUT2D eigenvalue weighted by atomic mass is 10.1. The number of anilines is 1. The summed E-state index contributed by atoms with van der Waals surface area (Å²) in [7, 11) is 0. The molecule has 12 nitrogen and oxygen atoms in total. The van der Waals surface area contributed by atoms with Gasteiger partial charge in [0.1, 0.15) is 24.1 Å². The Kier molecular flexibility index (Phi) is 10.2. The summed E-state index contributed by atoms with van der Waals surface area (Å²) in [6.07, 6.45) is 4.86. The van der Waals surface area contributed by atoms with Crippen LogP contribution >= 0.6 is 0 Å². The van der Waals surface area contributed by atoms with E-state index in [-0.39, 0.29) is 24.5 Å². The van der Waals surface area contributed by atoms with Crippen molar-refractivity contribution in [3.8, 4) is 11.5 Å². The molecule has 0 unspecified atom stereocenters. The van der Waals surface area contributed by atoms with E-state index >= 15 is 0 Å². The summed E-state index contributed by atoms with van der Waals surface area (Å²) in [6.45, 7) is 2.69. The number of phenols is 1. The van der Waals surface area contributed by atoms with Gasteiger partial charge in [0, 0.05) is 31.5 Å². The Balaban J connectivity index is 1.81. The fraction of sp³-hybridized carbons (Fsp3) is 0.381. The summed E-state index contributed by atoms with van der Waals surface area (Å²) in [5.74, 6) is -1.52. The van der Waals surface area contributed by atoms with E-state index in [1.54, 1.807) is 18.5 Å². The van der Waals surface area contributed by atoms with Crippen LogP contribution in [-0.4, -0.2) is 70.4 Å². The maximum atomic E-state index is 12.4. The molecule has 0 aliphatic carbocycles. The molecule has 33 heavy (non-hydrogen) atoms. The summed E-state index contributed by atoms with van der Waals surface area (Å²) in [5.41, 5.74) is -0.0605. The number of aliphatic carboxylic acids is 1. The van der Waals surface area contributed by atoms with Crippen LogP contribution in [0.5, 0.6) is 11.5 Å². The molecule has 2 aromatic rings. The summed E-state index contributed by atoms with van der Waals surface area (Å²) in [5, 5.41) is 29.6. The van der Waals surface area contributed by atoms with E-state index in [0.29, 0.717) is 24.8 Å². The van der Waals surface area contributed by atoms with Crippen LogP contribution in [0.4, 0.5) is 10.7 Å². The van der Waals surface area contributed by atoms with Gasteiger partial charge in [-0.3, -0.25) is 4.79 Å². The van der Waals surface area contributed by atoms with Crippen LogP contribution in [0.1, 0.15) is 30.1 Å². The predicted octanol–water partition coefficient (Wildman–Crippen LogP) is 0.955. The fourth-order valence-electron chi connectivity index (χ4n) is 2.59. The lowest BCUT2D eigenvalue weighted by Gasteiger charge is -2.16. The quantitative estimate of drug-likeness (QED) is 0.238. The van der Waals surface area contributed by atoms with Crippen molar-refractivity contribution >= 4 is 23.9 Å². The fourth-order valence-corrected chi connectivity index (χ4v) is 2.59. The number of carboxylic acid groups (broad SMARTS) is 1. The number of hydrogen-bond acceptors (Lipinski definition) is 8. The normalized spacial score (nSPS) is 11.2. The number of benzene rings is 1. The van der Waals surface area contributed by atoms with Crippen LogP contribution in [0, 0.1) is 0 Å². The zero-order valence-corrected chi connectivity index (χ0v) is 18.2. The molecule has 1 heterocycles. The number of hydrogen-bond donors (Lipinski definition) is 6. The molecule has 12 heteroatoms. The van der Waals surface area contributed by atoms with Gasteiger partial charge >= 0.3 is 12.0 Å². The Labute approximate surface area is 190 Å². The second-order valence-electron chi connectivity index (χ2n) is 6.88. The lowest BCUT2D eigenvalue weighted by molar-refractivity contribution is -0.139. The smallest absolute Gasteiger partial charge is 0.328 e. The van der Waals surface area contributed by atoms with Gasteiger partial charge in [-0.05, 0) is 24.6 Å². The third-order valence-corrected chi connectivity index (χ3v) is 4.32. The van der Waals surface area contributed by atoms with Crippen molar-refractivity contribution in [2.45, 2.75) is 25.8 Å². The molecule has 0 saturated heterocycles. The zero-order valence-electron chi connectivity index (χ0n) is 18.2. The average Bonchev–Trinajstić information content (AvgIpc) is 2.80. The molecule has 3 amide bonds. The maximum absolute atomic E-state index is 12.4. The summed E-state index contributed by atoms with van der Waals surface area (Å²) < 4.78 is 5.52. The summed E-state index contributed by atoms with van der Waals surface area (Å²) in [4.78, 5) is 43.5. The first-order valence-corrected chi connectivity index (χ1v) is 10.4. The van der Waals surface area contributed by atoms with Gasteiger partial charge in [-0.2, -0.15) is 0 Å². The van der Waals surface area contributed by atoms with Crippen LogP contribution in [0.25, 0.3) is 0 Å². The van der Waals surface area contributed by atoms with E-state index in [1.807, 2.05) is 6.92 Å². The number of carboxylic acids is 1. The largest absolute Gasteiger partial charge is 0.507 e. The van der Waals surface area contributed by atoms with Crippen LogP contribution in [0.2, 0.25) is 0 Å². The van der Waals surface area contributed by atoms with Crippen LogP contribution < -0.4 is 26.0 Å². The number of urea groups is 1. The number of rotatable bonds is 13. The van der Waals surface area contributed by atoms with Gasteiger partial charge in [0.05, 0.1) is 12.1 Å². The third-order valence-electron chi connectivity index (χ3n) is 4.32. The number of nitrogens with zero attached hydrogens (tertiary/aromatic N) is 2. The van der Waals surface area contributed by atoms with E-state index in [2.05, 4.69) is 31.2 Å². The van der Waals surface area contributed by atoms with Gasteiger partial charge in [-0.25, -0.2) is 19.6 Å². The van der Waals surface area contributed by atoms with Crippen molar-refractivity contribution in [1.29, 1.82) is 0 Å². The molecule has 1 aromatic carbocycles. The first kappa shape index (κ1) is 25.2. The van der Waals surface area contributed by atoms with Crippen LogP contribution in [0.15, 0.2) is 36.7 Å². The van der Waals surface area contributed by atoms with Crippen molar-refractivity contribution in [1.82, 2.24) is 25.9 Å². The third kappa shape index (κ3) is 8.89. The Morgan fingerprint density at radius 2 is 1.88 bits per heavy atom. The second-order valence-corrected chi connectivity index (χ2v) is 6.88. The summed E-state index contributed by atoms with van der Waals surface area (Å²) in [6, 6.07) is 3.87. The average molecular weight is 460 g/mol. The number of ether oxygens (including phenoxy) is 1. The van der Waals surface area contributed by atoms with E-state index in [0.717, 1.165) is 12.8 Å². The molecule has 178 valence electrons. The maximum Gasteiger partial charge on any atom is 0.328 e. The lowest BCUT2D eigenvalue weighted by Crippen LogP contribution is -2.51. The number of nitrogens with one attached hydrogen (secondary N) is 4. The molecular formula is C21H28N6O6. The monoisotopic (exact) mass is 460 g/mol. The second kappa shape index (κ2) is 13.3. The SMILES string of the molecule is CCCCNC(=O)N[C@@H](CNC(=O)c1ccc(OCCNc2ncccn2)cc1O)C(=O)O. The zero-order chi connectivity index (χ0) is 24.1. The summed E-state index contributed by atoms with van der Waals surface area (Å²) >= 11 is 0. The molecule has 0 fully saturated rings. The molecule has 0 saturated carbocycles. The molecule has 0 bridgehead atoms. The minimum Gasteiger partial charge on any atom is -0.507 e. The van der Waals surface area contributed by atoms with Gasteiger partial charge in [0.25, 0.3) is 5.91 Å².